The topological polar surface area (TPSA) is 58.2 Å². The van der Waals surface area contributed by atoms with E-state index in [4.69, 9.17) is 4.74 Å². The second-order valence-electron chi connectivity index (χ2n) is 6.26. The van der Waals surface area contributed by atoms with E-state index in [-0.39, 0.29) is 18.3 Å². The van der Waals surface area contributed by atoms with Crippen LogP contribution < -0.4 is 4.74 Å². The molecule has 2 heterocycles. The van der Waals surface area contributed by atoms with Crippen LogP contribution in [-0.2, 0) is 19.6 Å². The third-order valence-electron chi connectivity index (χ3n) is 4.51. The molecule has 1 aliphatic heterocycles. The van der Waals surface area contributed by atoms with Gasteiger partial charge in [0.25, 0.3) is 5.91 Å². The minimum atomic E-state index is -0.284. The quantitative estimate of drug-likeness (QED) is 0.784. The zero-order valence-electron chi connectivity index (χ0n) is 14.1. The fraction of sp³-hybridized carbons (Fsp3) is 0.200. The Morgan fingerprint density at radius 1 is 1.19 bits per heavy atom. The van der Waals surface area contributed by atoms with E-state index in [0.717, 1.165) is 23.2 Å². The van der Waals surface area contributed by atoms with E-state index in [0.29, 0.717) is 24.4 Å². The fourth-order valence-electron chi connectivity index (χ4n) is 3.08. The third-order valence-corrected chi connectivity index (χ3v) is 4.51. The Labute approximate surface area is 150 Å². The average Bonchev–Trinajstić information content (AvgIpc) is 3.15. The van der Waals surface area contributed by atoms with Gasteiger partial charge in [-0.1, -0.05) is 24.3 Å². The van der Waals surface area contributed by atoms with Gasteiger partial charge in [-0.3, -0.25) is 9.89 Å². The smallest absolute Gasteiger partial charge is 0.257 e. The number of H-pyrrole nitrogens is 1. The number of aromatic nitrogens is 2. The SMILES string of the molecule is O=C(c1ccccc1OCc1ccc(F)cc1)N1CCc2[nH]ncc2C1. The molecule has 0 aliphatic carbocycles. The second kappa shape index (κ2) is 7.00. The van der Waals surface area contributed by atoms with Crippen LogP contribution in [0, 0.1) is 5.82 Å². The Morgan fingerprint density at radius 2 is 2.00 bits per heavy atom. The van der Waals surface area contributed by atoms with Gasteiger partial charge in [0.2, 0.25) is 0 Å². The number of carbonyl (C=O) groups is 1. The van der Waals surface area contributed by atoms with E-state index < -0.39 is 0 Å². The summed E-state index contributed by atoms with van der Waals surface area (Å²) in [5.41, 5.74) is 3.51. The summed E-state index contributed by atoms with van der Waals surface area (Å²) in [5, 5.41) is 7.01. The molecule has 0 radical (unpaired) electrons. The van der Waals surface area contributed by atoms with Crippen LogP contribution in [0.4, 0.5) is 4.39 Å². The highest BCUT2D eigenvalue weighted by Gasteiger charge is 2.24. The monoisotopic (exact) mass is 351 g/mol. The van der Waals surface area contributed by atoms with Crippen molar-refractivity contribution in [2.75, 3.05) is 6.54 Å². The molecule has 5 nitrogen and oxygen atoms in total. The number of benzene rings is 2. The number of carbonyl (C=O) groups excluding carboxylic acids is 1. The van der Waals surface area contributed by atoms with Crippen LogP contribution in [0.2, 0.25) is 0 Å². The number of nitrogens with one attached hydrogen (secondary N) is 1. The van der Waals surface area contributed by atoms with Crippen LogP contribution in [0.3, 0.4) is 0 Å². The van der Waals surface area contributed by atoms with Gasteiger partial charge in [0.1, 0.15) is 18.2 Å². The Bertz CT molecular complexity index is 921. The molecular weight excluding hydrogens is 333 g/mol. The molecule has 0 bridgehead atoms. The fourth-order valence-corrected chi connectivity index (χ4v) is 3.08. The van der Waals surface area contributed by atoms with Gasteiger partial charge in [-0.2, -0.15) is 5.10 Å². The number of fused-ring (bicyclic) bond motifs is 1. The summed E-state index contributed by atoms with van der Waals surface area (Å²) in [6.45, 7) is 1.45. The van der Waals surface area contributed by atoms with Crippen molar-refractivity contribution in [1.29, 1.82) is 0 Å². The first-order valence-corrected chi connectivity index (χ1v) is 8.47. The van der Waals surface area contributed by atoms with Crippen molar-refractivity contribution in [3.8, 4) is 5.75 Å². The lowest BCUT2D eigenvalue weighted by Gasteiger charge is -2.27. The van der Waals surface area contributed by atoms with E-state index in [1.54, 1.807) is 35.4 Å². The molecule has 0 fully saturated rings. The molecule has 4 rings (SSSR count). The van der Waals surface area contributed by atoms with Crippen LogP contribution in [0.25, 0.3) is 0 Å². The van der Waals surface area contributed by atoms with Gasteiger partial charge in [-0.05, 0) is 29.8 Å². The van der Waals surface area contributed by atoms with Crippen molar-refractivity contribution >= 4 is 5.91 Å². The van der Waals surface area contributed by atoms with E-state index in [2.05, 4.69) is 10.2 Å². The van der Waals surface area contributed by atoms with Crippen LogP contribution in [0.5, 0.6) is 5.75 Å². The molecule has 6 heteroatoms. The second-order valence-corrected chi connectivity index (χ2v) is 6.26. The summed E-state index contributed by atoms with van der Waals surface area (Å²) in [6, 6.07) is 13.3. The van der Waals surface area contributed by atoms with Gasteiger partial charge < -0.3 is 9.64 Å². The van der Waals surface area contributed by atoms with Crippen LogP contribution in [0.1, 0.15) is 27.2 Å². The van der Waals surface area contributed by atoms with Gasteiger partial charge in [0.15, 0.2) is 0 Å². The number of aromatic amines is 1. The van der Waals surface area contributed by atoms with E-state index in [9.17, 15) is 9.18 Å². The first-order valence-electron chi connectivity index (χ1n) is 8.47. The van der Waals surface area contributed by atoms with Gasteiger partial charge in [0, 0.05) is 30.8 Å². The molecule has 2 aromatic carbocycles. The predicted molar refractivity (Wildman–Crippen MR) is 94.2 cm³/mol. The highest BCUT2D eigenvalue weighted by molar-refractivity contribution is 5.97. The minimum Gasteiger partial charge on any atom is -0.488 e. The van der Waals surface area contributed by atoms with Gasteiger partial charge in [-0.15, -0.1) is 0 Å². The molecule has 0 saturated carbocycles. The van der Waals surface area contributed by atoms with E-state index in [1.807, 2.05) is 12.1 Å². The summed E-state index contributed by atoms with van der Waals surface area (Å²) >= 11 is 0. The van der Waals surface area contributed by atoms with Crippen LogP contribution in [-0.4, -0.2) is 27.5 Å². The lowest BCUT2D eigenvalue weighted by atomic mass is 10.1. The van der Waals surface area contributed by atoms with Crippen molar-refractivity contribution in [2.45, 2.75) is 19.6 Å². The van der Waals surface area contributed by atoms with Crippen molar-refractivity contribution in [2.24, 2.45) is 0 Å². The zero-order valence-corrected chi connectivity index (χ0v) is 14.1. The molecule has 0 saturated heterocycles. The highest BCUT2D eigenvalue weighted by Crippen LogP contribution is 2.24. The summed E-state index contributed by atoms with van der Waals surface area (Å²) in [6.07, 6.45) is 2.53. The van der Waals surface area contributed by atoms with Crippen molar-refractivity contribution < 1.29 is 13.9 Å². The van der Waals surface area contributed by atoms with Crippen LogP contribution >= 0.6 is 0 Å². The Kier molecular flexibility index (Phi) is 4.39. The van der Waals surface area contributed by atoms with Gasteiger partial charge >= 0.3 is 0 Å². The molecule has 0 unspecified atom stereocenters. The maximum Gasteiger partial charge on any atom is 0.257 e. The summed E-state index contributed by atoms with van der Waals surface area (Å²) < 4.78 is 18.9. The first kappa shape index (κ1) is 16.3. The van der Waals surface area contributed by atoms with Gasteiger partial charge in [-0.25, -0.2) is 4.39 Å². The molecule has 1 N–H and O–H groups in total. The number of amides is 1. The number of hydrogen-bond acceptors (Lipinski definition) is 3. The molecular formula is C20H18FN3O2. The van der Waals surface area contributed by atoms with E-state index >= 15 is 0 Å². The zero-order chi connectivity index (χ0) is 17.9. The molecule has 1 aromatic heterocycles. The summed E-state index contributed by atoms with van der Waals surface area (Å²) in [5.74, 6) is 0.180. The number of rotatable bonds is 4. The van der Waals surface area contributed by atoms with Crippen molar-refractivity contribution in [3.63, 3.8) is 0 Å². The minimum absolute atomic E-state index is 0.0634. The molecule has 3 aromatic rings. The Morgan fingerprint density at radius 3 is 2.85 bits per heavy atom. The molecule has 132 valence electrons. The number of hydrogen-bond donors (Lipinski definition) is 1. The lowest BCUT2D eigenvalue weighted by molar-refractivity contribution is 0.0729. The number of para-hydroxylation sites is 1. The molecule has 0 atom stereocenters. The Balaban J connectivity index is 1.50. The molecule has 0 spiro atoms. The number of ether oxygens (including phenoxy) is 1. The maximum atomic E-state index is 13.0. The van der Waals surface area contributed by atoms with Crippen molar-refractivity contribution in [1.82, 2.24) is 15.1 Å². The normalized spacial score (nSPS) is 13.3. The summed E-state index contributed by atoms with van der Waals surface area (Å²) in [7, 11) is 0. The average molecular weight is 351 g/mol. The van der Waals surface area contributed by atoms with Gasteiger partial charge in [0.05, 0.1) is 11.8 Å². The molecule has 26 heavy (non-hydrogen) atoms. The summed E-state index contributed by atoms with van der Waals surface area (Å²) in [4.78, 5) is 14.8. The first-order chi connectivity index (χ1) is 12.7. The largest absolute Gasteiger partial charge is 0.488 e. The third kappa shape index (κ3) is 3.31. The van der Waals surface area contributed by atoms with E-state index in [1.165, 1.54) is 12.1 Å². The molecule has 1 aliphatic rings. The lowest BCUT2D eigenvalue weighted by Crippen LogP contribution is -2.35. The van der Waals surface area contributed by atoms with Crippen LogP contribution in [0.15, 0.2) is 54.7 Å². The highest BCUT2D eigenvalue weighted by atomic mass is 19.1. The predicted octanol–water partition coefficient (Wildman–Crippen LogP) is 3.33. The maximum absolute atomic E-state index is 13.0. The van der Waals surface area contributed by atoms with Crippen molar-refractivity contribution in [3.05, 3.63) is 82.9 Å². The number of nitrogens with zero attached hydrogens (tertiary/aromatic N) is 2. The number of halogens is 1. The Hall–Kier alpha value is -3.15. The standard InChI is InChI=1S/C20H18FN3O2/c21-16-7-5-14(6-8-16)13-26-19-4-2-1-3-17(19)20(25)24-10-9-18-15(12-24)11-22-23-18/h1-8,11H,9-10,12-13H2,(H,22,23). The molecule has 1 amide bonds.